The van der Waals surface area contributed by atoms with Gasteiger partial charge >= 0.3 is 0 Å². The Balaban J connectivity index is 0.000000190. The Bertz CT molecular complexity index is 869. The van der Waals surface area contributed by atoms with Crippen LogP contribution in [0.4, 0.5) is 0 Å². The summed E-state index contributed by atoms with van der Waals surface area (Å²) in [5, 5.41) is 0. The van der Waals surface area contributed by atoms with Gasteiger partial charge in [0.05, 0.1) is 0 Å². The van der Waals surface area contributed by atoms with E-state index in [1.165, 1.54) is 61.5 Å². The van der Waals surface area contributed by atoms with E-state index in [0.717, 1.165) is 5.56 Å². The zero-order chi connectivity index (χ0) is 17.1. The Morgan fingerprint density at radius 1 is 0.680 bits per heavy atom. The van der Waals surface area contributed by atoms with Crippen LogP contribution in [0.2, 0.25) is 0 Å². The molecule has 5 rings (SSSR count). The number of nitrogens with zero attached hydrogens (tertiary/aromatic N) is 2. The molecule has 0 bridgehead atoms. The van der Waals surface area contributed by atoms with Gasteiger partial charge in [-0.3, -0.25) is 0 Å². The molecule has 2 aromatic carbocycles. The first-order chi connectivity index (χ1) is 12.3. The number of benzene rings is 2. The van der Waals surface area contributed by atoms with Crippen molar-refractivity contribution in [3.8, 4) is 11.1 Å². The second-order valence-corrected chi connectivity index (χ2v) is 7.01. The number of fused-ring (bicyclic) bond motifs is 5. The lowest BCUT2D eigenvalue weighted by molar-refractivity contribution is 0.676. The Morgan fingerprint density at radius 2 is 1.48 bits per heavy atom. The molecule has 0 atom stereocenters. The van der Waals surface area contributed by atoms with Crippen LogP contribution in [0.1, 0.15) is 40.7 Å². The summed E-state index contributed by atoms with van der Waals surface area (Å²) in [5.41, 5.74) is 10.6. The summed E-state index contributed by atoms with van der Waals surface area (Å²) in [5.74, 6) is 0. The fraction of sp³-hybridized carbons (Fsp3) is 0.304. The summed E-state index contributed by atoms with van der Waals surface area (Å²) in [7, 11) is 0. The summed E-state index contributed by atoms with van der Waals surface area (Å²) in [6.07, 6.45) is 12.9. The summed E-state index contributed by atoms with van der Waals surface area (Å²) in [4.78, 5) is 7.55. The van der Waals surface area contributed by atoms with Crippen LogP contribution in [-0.4, -0.2) is 9.97 Å². The Morgan fingerprint density at radius 3 is 2.28 bits per heavy atom. The molecule has 3 aromatic rings. The Hall–Kier alpha value is -2.48. The molecule has 0 spiro atoms. The Kier molecular flexibility index (Phi) is 4.60. The standard InChI is InChI=1S/C18H18.C5H6N2/c1-3-7-15-13(5-1)9-11-18-16-8-4-2-6-14(16)10-12-17(15)18;1-5-2-6-4-7-3-5/h1,3,5,7,10,12H,2,4,6,8-9,11H2;2-4H,1H3. The number of hydrogen-bond donors (Lipinski definition) is 0. The lowest BCUT2D eigenvalue weighted by atomic mass is 9.78. The highest BCUT2D eigenvalue weighted by Crippen LogP contribution is 2.38. The van der Waals surface area contributed by atoms with Gasteiger partial charge < -0.3 is 0 Å². The largest absolute Gasteiger partial charge is 0.245 e. The zero-order valence-corrected chi connectivity index (χ0v) is 14.8. The van der Waals surface area contributed by atoms with E-state index in [1.54, 1.807) is 29.1 Å². The van der Waals surface area contributed by atoms with Gasteiger partial charge in [-0.05, 0) is 84.4 Å². The molecule has 1 heterocycles. The lowest BCUT2D eigenvalue weighted by Crippen LogP contribution is -2.12. The number of hydrogen-bond acceptors (Lipinski definition) is 2. The molecule has 2 heteroatoms. The molecule has 0 radical (unpaired) electrons. The van der Waals surface area contributed by atoms with Crippen LogP contribution in [0.3, 0.4) is 0 Å². The first kappa shape index (κ1) is 16.0. The predicted octanol–water partition coefficient (Wildman–Crippen LogP) is 5.12. The van der Waals surface area contributed by atoms with E-state index in [1.807, 2.05) is 6.92 Å². The van der Waals surface area contributed by atoms with Gasteiger partial charge in [-0.2, -0.15) is 0 Å². The molecule has 2 nitrogen and oxygen atoms in total. The Labute approximate surface area is 150 Å². The molecule has 0 fully saturated rings. The van der Waals surface area contributed by atoms with Crippen LogP contribution in [0, 0.1) is 6.92 Å². The second-order valence-electron chi connectivity index (χ2n) is 7.01. The van der Waals surface area contributed by atoms with Crippen molar-refractivity contribution < 1.29 is 0 Å². The quantitative estimate of drug-likeness (QED) is 0.572. The smallest absolute Gasteiger partial charge is 0.115 e. The van der Waals surface area contributed by atoms with E-state index in [-0.39, 0.29) is 0 Å². The molecular formula is C23H24N2. The van der Waals surface area contributed by atoms with Crippen LogP contribution in [0.5, 0.6) is 0 Å². The van der Waals surface area contributed by atoms with Gasteiger partial charge in [-0.1, -0.05) is 36.4 Å². The van der Waals surface area contributed by atoms with Crippen LogP contribution >= 0.6 is 0 Å². The molecule has 0 N–H and O–H groups in total. The molecular weight excluding hydrogens is 304 g/mol. The van der Waals surface area contributed by atoms with Crippen LogP contribution < -0.4 is 0 Å². The third-order valence-corrected chi connectivity index (χ3v) is 5.29. The van der Waals surface area contributed by atoms with Gasteiger partial charge in [0.25, 0.3) is 0 Å². The van der Waals surface area contributed by atoms with Gasteiger partial charge in [0.15, 0.2) is 0 Å². The highest BCUT2D eigenvalue weighted by molar-refractivity contribution is 5.75. The molecule has 1 aromatic heterocycles. The van der Waals surface area contributed by atoms with Gasteiger partial charge in [-0.15, -0.1) is 0 Å². The van der Waals surface area contributed by atoms with Crippen LogP contribution in [-0.2, 0) is 25.7 Å². The number of aryl methyl sites for hydroxylation is 3. The maximum Gasteiger partial charge on any atom is 0.115 e. The minimum Gasteiger partial charge on any atom is -0.245 e. The minimum absolute atomic E-state index is 1.10. The van der Waals surface area contributed by atoms with Crippen molar-refractivity contribution >= 4 is 0 Å². The van der Waals surface area contributed by atoms with Crippen LogP contribution in [0.15, 0.2) is 55.1 Å². The maximum absolute atomic E-state index is 3.77. The normalized spacial score (nSPS) is 14.4. The monoisotopic (exact) mass is 328 g/mol. The molecule has 25 heavy (non-hydrogen) atoms. The number of rotatable bonds is 0. The van der Waals surface area contributed by atoms with Gasteiger partial charge in [0.1, 0.15) is 6.33 Å². The summed E-state index contributed by atoms with van der Waals surface area (Å²) >= 11 is 0. The van der Waals surface area contributed by atoms with Crippen molar-refractivity contribution in [2.45, 2.75) is 45.4 Å². The van der Waals surface area contributed by atoms with Gasteiger partial charge in [-0.25, -0.2) is 9.97 Å². The number of aromatic nitrogens is 2. The lowest BCUT2D eigenvalue weighted by Gasteiger charge is -2.26. The van der Waals surface area contributed by atoms with Crippen molar-refractivity contribution in [2.75, 3.05) is 0 Å². The van der Waals surface area contributed by atoms with E-state index in [4.69, 9.17) is 0 Å². The molecule has 0 amide bonds. The molecule has 126 valence electrons. The van der Waals surface area contributed by atoms with E-state index < -0.39 is 0 Å². The van der Waals surface area contributed by atoms with Crippen molar-refractivity contribution in [3.63, 3.8) is 0 Å². The van der Waals surface area contributed by atoms with Gasteiger partial charge in [0, 0.05) is 12.4 Å². The summed E-state index contributed by atoms with van der Waals surface area (Å²) in [6, 6.07) is 13.7. The average molecular weight is 328 g/mol. The zero-order valence-electron chi connectivity index (χ0n) is 14.8. The highest BCUT2D eigenvalue weighted by Gasteiger charge is 2.21. The molecule has 0 aliphatic heterocycles. The van der Waals surface area contributed by atoms with E-state index >= 15 is 0 Å². The third-order valence-electron chi connectivity index (χ3n) is 5.29. The van der Waals surface area contributed by atoms with Crippen LogP contribution in [0.25, 0.3) is 11.1 Å². The summed E-state index contributed by atoms with van der Waals surface area (Å²) in [6.45, 7) is 1.96. The molecule has 0 unspecified atom stereocenters. The van der Waals surface area contributed by atoms with E-state index in [2.05, 4.69) is 46.4 Å². The third kappa shape index (κ3) is 3.34. The van der Waals surface area contributed by atoms with Crippen molar-refractivity contribution in [2.24, 2.45) is 0 Å². The maximum atomic E-state index is 3.77. The summed E-state index contributed by atoms with van der Waals surface area (Å²) < 4.78 is 0. The fourth-order valence-electron chi connectivity index (χ4n) is 4.08. The predicted molar refractivity (Wildman–Crippen MR) is 103 cm³/mol. The topological polar surface area (TPSA) is 25.8 Å². The first-order valence-electron chi connectivity index (χ1n) is 9.26. The second kappa shape index (κ2) is 7.18. The van der Waals surface area contributed by atoms with E-state index in [0.29, 0.717) is 0 Å². The van der Waals surface area contributed by atoms with Crippen molar-refractivity contribution in [3.05, 3.63) is 82.9 Å². The molecule has 0 saturated heterocycles. The van der Waals surface area contributed by atoms with Gasteiger partial charge in [0.2, 0.25) is 0 Å². The average Bonchev–Trinajstić information content (AvgIpc) is 2.68. The fourth-order valence-corrected chi connectivity index (χ4v) is 4.08. The molecule has 0 saturated carbocycles. The highest BCUT2D eigenvalue weighted by atomic mass is 14.8. The molecule has 2 aliphatic rings. The SMILES string of the molecule is Cc1cncnc1.c1ccc2c(c1)CCc1c-2ccc2c1CCCC2. The van der Waals surface area contributed by atoms with E-state index in [9.17, 15) is 0 Å². The van der Waals surface area contributed by atoms with Crippen molar-refractivity contribution in [1.29, 1.82) is 0 Å². The minimum atomic E-state index is 1.10. The van der Waals surface area contributed by atoms with Crippen molar-refractivity contribution in [1.82, 2.24) is 9.97 Å². The molecule has 2 aliphatic carbocycles. The first-order valence-corrected chi connectivity index (χ1v) is 9.26.